The third-order valence-electron chi connectivity index (χ3n) is 3.34. The topological polar surface area (TPSA) is 121 Å². The minimum atomic E-state index is -0.713. The molecule has 0 atom stereocenters. The number of furan rings is 1. The standard InChI is InChI=1S/C16H13N3O6/c1-23-12-4-2-3-10(7-12)14-8-11(18-25-14)9-17-16(20)13-5-6-15(24-13)19(21)22/h2-8H,9H2,1H3,(H,17,20). The van der Waals surface area contributed by atoms with E-state index in [-0.39, 0.29) is 12.3 Å². The Bertz CT molecular complexity index is 914. The van der Waals surface area contributed by atoms with Crippen LogP contribution in [0.25, 0.3) is 11.3 Å². The number of rotatable bonds is 6. The second-order valence-corrected chi connectivity index (χ2v) is 4.99. The summed E-state index contributed by atoms with van der Waals surface area (Å²) in [6, 6.07) is 11.3. The number of hydrogen-bond donors (Lipinski definition) is 1. The lowest BCUT2D eigenvalue weighted by Gasteiger charge is -2.00. The van der Waals surface area contributed by atoms with Crippen LogP contribution in [-0.2, 0) is 6.54 Å². The summed E-state index contributed by atoms with van der Waals surface area (Å²) in [4.78, 5) is 21.7. The van der Waals surface area contributed by atoms with Gasteiger partial charge in [0.25, 0.3) is 5.91 Å². The molecular formula is C16H13N3O6. The normalized spacial score (nSPS) is 10.4. The van der Waals surface area contributed by atoms with Crippen LogP contribution < -0.4 is 10.1 Å². The fourth-order valence-electron chi connectivity index (χ4n) is 2.11. The van der Waals surface area contributed by atoms with E-state index >= 15 is 0 Å². The SMILES string of the molecule is COc1cccc(-c2cc(CNC(=O)c3ccc([N+](=O)[O-])o3)no2)c1. The second-order valence-electron chi connectivity index (χ2n) is 4.99. The molecule has 0 radical (unpaired) electrons. The monoisotopic (exact) mass is 343 g/mol. The first-order chi connectivity index (χ1) is 12.1. The van der Waals surface area contributed by atoms with Gasteiger partial charge in [-0.05, 0) is 18.2 Å². The summed E-state index contributed by atoms with van der Waals surface area (Å²) in [5.41, 5.74) is 1.28. The largest absolute Gasteiger partial charge is 0.497 e. The van der Waals surface area contributed by atoms with Crippen LogP contribution in [0.15, 0.2) is 51.4 Å². The van der Waals surface area contributed by atoms with Gasteiger partial charge in [0.1, 0.15) is 16.4 Å². The second kappa shape index (κ2) is 6.87. The molecule has 128 valence electrons. The van der Waals surface area contributed by atoms with Crippen LogP contribution in [0, 0.1) is 10.1 Å². The van der Waals surface area contributed by atoms with E-state index in [0.717, 1.165) is 11.6 Å². The van der Waals surface area contributed by atoms with Gasteiger partial charge in [-0.25, -0.2) is 0 Å². The van der Waals surface area contributed by atoms with Gasteiger partial charge in [0.05, 0.1) is 19.7 Å². The highest BCUT2D eigenvalue weighted by atomic mass is 16.6. The summed E-state index contributed by atoms with van der Waals surface area (Å²) in [6.45, 7) is 0.0841. The number of methoxy groups -OCH3 is 1. The molecule has 0 fully saturated rings. The smallest absolute Gasteiger partial charge is 0.433 e. The molecule has 1 aromatic carbocycles. The van der Waals surface area contributed by atoms with Gasteiger partial charge in [0.15, 0.2) is 11.5 Å². The van der Waals surface area contributed by atoms with Gasteiger partial charge in [0, 0.05) is 11.6 Å². The molecule has 0 saturated heterocycles. The maximum absolute atomic E-state index is 11.9. The molecule has 0 aliphatic rings. The Hall–Kier alpha value is -3.62. The van der Waals surface area contributed by atoms with Crippen molar-refractivity contribution >= 4 is 11.8 Å². The van der Waals surface area contributed by atoms with Crippen molar-refractivity contribution in [2.24, 2.45) is 0 Å². The van der Waals surface area contributed by atoms with E-state index in [0.29, 0.717) is 17.2 Å². The van der Waals surface area contributed by atoms with E-state index in [1.165, 1.54) is 6.07 Å². The van der Waals surface area contributed by atoms with Crippen LogP contribution in [-0.4, -0.2) is 23.1 Å². The first kappa shape index (κ1) is 16.2. The molecular weight excluding hydrogens is 330 g/mol. The van der Waals surface area contributed by atoms with Gasteiger partial charge >= 0.3 is 5.88 Å². The number of nitrogens with zero attached hydrogens (tertiary/aromatic N) is 2. The van der Waals surface area contributed by atoms with E-state index in [1.54, 1.807) is 19.2 Å². The lowest BCUT2D eigenvalue weighted by molar-refractivity contribution is -0.402. The van der Waals surface area contributed by atoms with E-state index < -0.39 is 16.7 Å². The Morgan fingerprint density at radius 3 is 2.88 bits per heavy atom. The molecule has 0 bridgehead atoms. The maximum atomic E-state index is 11.9. The molecule has 2 heterocycles. The van der Waals surface area contributed by atoms with E-state index in [9.17, 15) is 14.9 Å². The Balaban J connectivity index is 1.65. The maximum Gasteiger partial charge on any atom is 0.433 e. The Labute approximate surface area is 141 Å². The predicted octanol–water partition coefficient (Wildman–Crippen LogP) is 2.78. The Kier molecular flexibility index (Phi) is 4.46. The zero-order valence-corrected chi connectivity index (χ0v) is 13.1. The third kappa shape index (κ3) is 3.66. The molecule has 1 amide bonds. The summed E-state index contributed by atoms with van der Waals surface area (Å²) in [7, 11) is 1.57. The van der Waals surface area contributed by atoms with Gasteiger partial charge in [-0.1, -0.05) is 17.3 Å². The highest BCUT2D eigenvalue weighted by molar-refractivity contribution is 5.91. The van der Waals surface area contributed by atoms with Crippen molar-refractivity contribution in [2.75, 3.05) is 7.11 Å². The molecule has 0 unspecified atom stereocenters. The van der Waals surface area contributed by atoms with Crippen molar-refractivity contribution in [1.82, 2.24) is 10.5 Å². The van der Waals surface area contributed by atoms with E-state index in [2.05, 4.69) is 10.5 Å². The molecule has 0 saturated carbocycles. The van der Waals surface area contributed by atoms with Gasteiger partial charge in [0.2, 0.25) is 0 Å². The molecule has 0 spiro atoms. The summed E-state index contributed by atoms with van der Waals surface area (Å²) in [6.07, 6.45) is 0. The van der Waals surface area contributed by atoms with Gasteiger partial charge < -0.3 is 19.0 Å². The van der Waals surface area contributed by atoms with E-state index in [1.807, 2.05) is 18.2 Å². The molecule has 9 nitrogen and oxygen atoms in total. The fraction of sp³-hybridized carbons (Fsp3) is 0.125. The zero-order valence-electron chi connectivity index (χ0n) is 13.1. The summed E-state index contributed by atoms with van der Waals surface area (Å²) in [5.74, 6) is -0.0194. The molecule has 9 heteroatoms. The first-order valence-electron chi connectivity index (χ1n) is 7.19. The molecule has 0 aliphatic carbocycles. The minimum absolute atomic E-state index is 0.0841. The number of nitro groups is 1. The zero-order chi connectivity index (χ0) is 17.8. The first-order valence-corrected chi connectivity index (χ1v) is 7.19. The molecule has 3 aromatic rings. The quantitative estimate of drug-likeness (QED) is 0.539. The Morgan fingerprint density at radius 2 is 2.16 bits per heavy atom. The van der Waals surface area contributed by atoms with Crippen LogP contribution >= 0.6 is 0 Å². The van der Waals surface area contributed by atoms with Crippen LogP contribution in [0.5, 0.6) is 5.75 Å². The van der Waals surface area contributed by atoms with Crippen molar-refractivity contribution in [3.63, 3.8) is 0 Å². The van der Waals surface area contributed by atoms with Crippen LogP contribution in [0.3, 0.4) is 0 Å². The number of ether oxygens (including phenoxy) is 1. The van der Waals surface area contributed by atoms with Gasteiger partial charge in [-0.15, -0.1) is 0 Å². The molecule has 3 rings (SSSR count). The summed E-state index contributed by atoms with van der Waals surface area (Å²) >= 11 is 0. The van der Waals surface area contributed by atoms with Crippen molar-refractivity contribution in [3.8, 4) is 17.1 Å². The lowest BCUT2D eigenvalue weighted by atomic mass is 10.1. The van der Waals surface area contributed by atoms with Gasteiger partial charge in [-0.3, -0.25) is 14.9 Å². The minimum Gasteiger partial charge on any atom is -0.497 e. The number of carbonyl (C=O) groups excluding carboxylic acids is 1. The predicted molar refractivity (Wildman–Crippen MR) is 85.0 cm³/mol. The highest BCUT2D eigenvalue weighted by Crippen LogP contribution is 2.24. The number of benzene rings is 1. The Morgan fingerprint density at radius 1 is 1.32 bits per heavy atom. The summed E-state index contributed by atoms with van der Waals surface area (Å²) in [5, 5.41) is 17.0. The van der Waals surface area contributed by atoms with Gasteiger partial charge in [-0.2, -0.15) is 0 Å². The third-order valence-corrected chi connectivity index (χ3v) is 3.34. The average molecular weight is 343 g/mol. The van der Waals surface area contributed by atoms with Crippen molar-refractivity contribution in [2.45, 2.75) is 6.54 Å². The van der Waals surface area contributed by atoms with Crippen LogP contribution in [0.4, 0.5) is 5.88 Å². The van der Waals surface area contributed by atoms with Crippen molar-refractivity contribution < 1.29 is 23.4 Å². The fourth-order valence-corrected chi connectivity index (χ4v) is 2.11. The summed E-state index contributed by atoms with van der Waals surface area (Å²) < 4.78 is 15.2. The molecule has 2 aromatic heterocycles. The average Bonchev–Trinajstić information content (AvgIpc) is 3.29. The number of nitrogens with one attached hydrogen (secondary N) is 1. The molecule has 1 N–H and O–H groups in total. The van der Waals surface area contributed by atoms with E-state index in [4.69, 9.17) is 13.7 Å². The number of amides is 1. The van der Waals surface area contributed by atoms with Crippen molar-refractivity contribution in [3.05, 3.63) is 64.0 Å². The van der Waals surface area contributed by atoms with Crippen LogP contribution in [0.2, 0.25) is 0 Å². The number of aromatic nitrogens is 1. The number of hydrogen-bond acceptors (Lipinski definition) is 7. The van der Waals surface area contributed by atoms with Crippen LogP contribution in [0.1, 0.15) is 16.2 Å². The highest BCUT2D eigenvalue weighted by Gasteiger charge is 2.17. The molecule has 0 aliphatic heterocycles. The molecule has 25 heavy (non-hydrogen) atoms. The van der Waals surface area contributed by atoms with Crippen molar-refractivity contribution in [1.29, 1.82) is 0 Å². The number of carbonyl (C=O) groups is 1. The lowest BCUT2D eigenvalue weighted by Crippen LogP contribution is -2.22.